The van der Waals surface area contributed by atoms with Gasteiger partial charge in [-0.2, -0.15) is 0 Å². The molecule has 1 nitrogen and oxygen atoms in total. The van der Waals surface area contributed by atoms with Gasteiger partial charge in [0.2, 0.25) is 0 Å². The monoisotopic (exact) mass is 213 g/mol. The number of allylic oxidation sites excluding steroid dienone is 4. The Balaban J connectivity index is 1.88. The average Bonchev–Trinajstić information content (AvgIpc) is 2.38. The number of nitrogens with zero attached hydrogens (tertiary/aromatic N) is 1. The van der Waals surface area contributed by atoms with Gasteiger partial charge in [0.15, 0.2) is 0 Å². The van der Waals surface area contributed by atoms with Crippen molar-refractivity contribution in [1.29, 1.82) is 0 Å². The third-order valence-electron chi connectivity index (χ3n) is 3.23. The Morgan fingerprint density at radius 2 is 1.94 bits per heavy atom. The minimum Gasteiger partial charge on any atom is -0.264 e. The molecular weight excluding hydrogens is 194 g/mol. The highest BCUT2D eigenvalue weighted by atomic mass is 14.6. The standard InChI is InChI=1S/C15H19N/c1-2-13-5-7-14(8-6-13)9-10-15-4-3-11-16-12-15/h3-5,7,11-12H,2,6,8-10H2,1H3. The van der Waals surface area contributed by atoms with Gasteiger partial charge in [-0.1, -0.05) is 36.3 Å². The van der Waals surface area contributed by atoms with E-state index in [1.165, 1.54) is 31.2 Å². The number of aromatic nitrogens is 1. The number of rotatable bonds is 4. The summed E-state index contributed by atoms with van der Waals surface area (Å²) in [5.41, 5.74) is 4.51. The molecule has 0 amide bonds. The highest BCUT2D eigenvalue weighted by molar-refractivity contribution is 5.24. The summed E-state index contributed by atoms with van der Waals surface area (Å²) in [7, 11) is 0. The van der Waals surface area contributed by atoms with E-state index in [2.05, 4.69) is 30.1 Å². The van der Waals surface area contributed by atoms with Gasteiger partial charge in [-0.15, -0.1) is 0 Å². The lowest BCUT2D eigenvalue weighted by molar-refractivity contribution is 0.794. The van der Waals surface area contributed by atoms with Crippen molar-refractivity contribution in [3.8, 4) is 0 Å². The molecule has 1 aromatic rings. The second-order valence-electron chi connectivity index (χ2n) is 4.36. The van der Waals surface area contributed by atoms with Crippen molar-refractivity contribution < 1.29 is 0 Å². The molecule has 0 N–H and O–H groups in total. The van der Waals surface area contributed by atoms with Gasteiger partial charge < -0.3 is 0 Å². The summed E-state index contributed by atoms with van der Waals surface area (Å²) < 4.78 is 0. The van der Waals surface area contributed by atoms with E-state index < -0.39 is 0 Å². The summed E-state index contributed by atoms with van der Waals surface area (Å²) >= 11 is 0. The molecule has 1 heteroatoms. The summed E-state index contributed by atoms with van der Waals surface area (Å²) in [6.07, 6.45) is 14.4. The van der Waals surface area contributed by atoms with Gasteiger partial charge in [0, 0.05) is 12.4 Å². The zero-order valence-corrected chi connectivity index (χ0v) is 9.95. The molecule has 0 saturated carbocycles. The van der Waals surface area contributed by atoms with Crippen molar-refractivity contribution in [2.45, 2.75) is 39.0 Å². The minimum absolute atomic E-state index is 1.12. The van der Waals surface area contributed by atoms with E-state index in [-0.39, 0.29) is 0 Å². The predicted molar refractivity (Wildman–Crippen MR) is 68.2 cm³/mol. The SMILES string of the molecule is CCC1=CC=C(CCc2cccnc2)CC1. The van der Waals surface area contributed by atoms with Crippen LogP contribution in [0.5, 0.6) is 0 Å². The second-order valence-corrected chi connectivity index (χ2v) is 4.36. The summed E-state index contributed by atoms with van der Waals surface area (Å²) in [5.74, 6) is 0. The maximum atomic E-state index is 4.14. The first-order valence-corrected chi connectivity index (χ1v) is 6.15. The molecule has 2 rings (SSSR count). The predicted octanol–water partition coefficient (Wildman–Crippen LogP) is 4.07. The first-order chi connectivity index (χ1) is 7.88. The van der Waals surface area contributed by atoms with Crippen LogP contribution in [0.15, 0.2) is 47.8 Å². The first-order valence-electron chi connectivity index (χ1n) is 6.15. The number of pyridine rings is 1. The lowest BCUT2D eigenvalue weighted by atomic mass is 9.93. The van der Waals surface area contributed by atoms with Crippen molar-refractivity contribution in [3.05, 3.63) is 53.4 Å². The maximum absolute atomic E-state index is 4.14. The van der Waals surface area contributed by atoms with Gasteiger partial charge in [0.1, 0.15) is 0 Å². The van der Waals surface area contributed by atoms with Crippen LogP contribution in [0.3, 0.4) is 0 Å². The van der Waals surface area contributed by atoms with Crippen LogP contribution in [-0.2, 0) is 6.42 Å². The van der Waals surface area contributed by atoms with Gasteiger partial charge in [0.05, 0.1) is 0 Å². The van der Waals surface area contributed by atoms with Crippen LogP contribution in [0, 0.1) is 0 Å². The third kappa shape index (κ3) is 3.06. The molecule has 0 bridgehead atoms. The molecular formula is C15H19N. The van der Waals surface area contributed by atoms with E-state index in [0.29, 0.717) is 0 Å². The molecule has 1 heterocycles. The molecule has 0 fully saturated rings. The Morgan fingerprint density at radius 1 is 1.12 bits per heavy atom. The summed E-state index contributed by atoms with van der Waals surface area (Å²) in [5, 5.41) is 0. The molecule has 0 unspecified atom stereocenters. The number of hydrogen-bond donors (Lipinski definition) is 0. The third-order valence-corrected chi connectivity index (χ3v) is 3.23. The van der Waals surface area contributed by atoms with Gasteiger partial charge in [-0.3, -0.25) is 4.98 Å². The largest absolute Gasteiger partial charge is 0.264 e. The molecule has 0 aromatic carbocycles. The van der Waals surface area contributed by atoms with E-state index in [1.54, 1.807) is 11.1 Å². The van der Waals surface area contributed by atoms with Gasteiger partial charge in [-0.25, -0.2) is 0 Å². The van der Waals surface area contributed by atoms with Crippen LogP contribution < -0.4 is 0 Å². The van der Waals surface area contributed by atoms with Crippen LogP contribution in [0.25, 0.3) is 0 Å². The Kier molecular flexibility index (Phi) is 3.92. The lowest BCUT2D eigenvalue weighted by Crippen LogP contribution is -1.95. The highest BCUT2D eigenvalue weighted by Gasteiger charge is 2.05. The topological polar surface area (TPSA) is 12.9 Å². The summed E-state index contributed by atoms with van der Waals surface area (Å²) in [6.45, 7) is 2.24. The van der Waals surface area contributed by atoms with E-state index in [4.69, 9.17) is 0 Å². The molecule has 16 heavy (non-hydrogen) atoms. The quantitative estimate of drug-likeness (QED) is 0.734. The zero-order chi connectivity index (χ0) is 11.2. The molecule has 1 aromatic heterocycles. The van der Waals surface area contributed by atoms with E-state index in [1.807, 2.05) is 18.5 Å². The smallest absolute Gasteiger partial charge is 0.0299 e. The molecule has 0 spiro atoms. The van der Waals surface area contributed by atoms with Crippen molar-refractivity contribution in [2.75, 3.05) is 0 Å². The van der Waals surface area contributed by atoms with Crippen molar-refractivity contribution >= 4 is 0 Å². The Labute approximate surface area is 97.9 Å². The van der Waals surface area contributed by atoms with Crippen molar-refractivity contribution in [2.24, 2.45) is 0 Å². The van der Waals surface area contributed by atoms with Crippen LogP contribution >= 0.6 is 0 Å². The van der Waals surface area contributed by atoms with Crippen LogP contribution in [0.4, 0.5) is 0 Å². The molecule has 84 valence electrons. The average molecular weight is 213 g/mol. The fourth-order valence-electron chi connectivity index (χ4n) is 2.08. The van der Waals surface area contributed by atoms with Gasteiger partial charge in [0.25, 0.3) is 0 Å². The Bertz CT molecular complexity index is 387. The van der Waals surface area contributed by atoms with E-state index in [0.717, 1.165) is 6.42 Å². The van der Waals surface area contributed by atoms with Crippen molar-refractivity contribution in [3.63, 3.8) is 0 Å². The maximum Gasteiger partial charge on any atom is 0.0299 e. The van der Waals surface area contributed by atoms with Crippen molar-refractivity contribution in [1.82, 2.24) is 4.98 Å². The summed E-state index contributed by atoms with van der Waals surface area (Å²) in [4.78, 5) is 4.14. The normalized spacial score (nSPS) is 15.6. The highest BCUT2D eigenvalue weighted by Crippen LogP contribution is 2.23. The fourth-order valence-corrected chi connectivity index (χ4v) is 2.08. The van der Waals surface area contributed by atoms with E-state index in [9.17, 15) is 0 Å². The fraction of sp³-hybridized carbons (Fsp3) is 0.400. The molecule has 0 saturated heterocycles. The first kappa shape index (κ1) is 11.1. The Hall–Kier alpha value is -1.37. The molecule has 0 radical (unpaired) electrons. The van der Waals surface area contributed by atoms with Crippen LogP contribution in [0.2, 0.25) is 0 Å². The van der Waals surface area contributed by atoms with E-state index >= 15 is 0 Å². The minimum atomic E-state index is 1.12. The second kappa shape index (κ2) is 5.64. The van der Waals surface area contributed by atoms with Crippen LogP contribution in [-0.4, -0.2) is 4.98 Å². The van der Waals surface area contributed by atoms with Crippen LogP contribution in [0.1, 0.15) is 38.2 Å². The Morgan fingerprint density at radius 3 is 2.56 bits per heavy atom. The molecule has 1 aliphatic rings. The molecule has 0 aliphatic heterocycles. The van der Waals surface area contributed by atoms with Gasteiger partial charge >= 0.3 is 0 Å². The molecule has 1 aliphatic carbocycles. The lowest BCUT2D eigenvalue weighted by Gasteiger charge is -2.13. The summed E-state index contributed by atoms with van der Waals surface area (Å²) in [6, 6.07) is 4.17. The number of aryl methyl sites for hydroxylation is 1. The zero-order valence-electron chi connectivity index (χ0n) is 9.95. The molecule has 0 atom stereocenters. The number of hydrogen-bond acceptors (Lipinski definition) is 1. The van der Waals surface area contributed by atoms with Gasteiger partial charge in [-0.05, 0) is 43.7 Å².